The molecule has 1 aliphatic rings. The highest BCUT2D eigenvalue weighted by molar-refractivity contribution is 5.99. The molecular weight excluding hydrogens is 520 g/mol. The zero-order valence-corrected chi connectivity index (χ0v) is 23.5. The number of anilines is 1. The maximum atomic E-state index is 13.5. The predicted molar refractivity (Wildman–Crippen MR) is 157 cm³/mol. The Kier molecular flexibility index (Phi) is 8.64. The first-order valence-corrected chi connectivity index (χ1v) is 13.6. The van der Waals surface area contributed by atoms with Crippen LogP contribution in [0.1, 0.15) is 28.8 Å². The molecule has 9 heteroatoms. The summed E-state index contributed by atoms with van der Waals surface area (Å²) in [5.74, 6) is 1.15. The lowest BCUT2D eigenvalue weighted by atomic mass is 10.1. The fourth-order valence-corrected chi connectivity index (χ4v) is 4.78. The van der Waals surface area contributed by atoms with E-state index in [0.29, 0.717) is 36.1 Å². The summed E-state index contributed by atoms with van der Waals surface area (Å²) < 4.78 is 18.1. The molecule has 41 heavy (non-hydrogen) atoms. The topological polar surface area (TPSA) is 94.9 Å². The van der Waals surface area contributed by atoms with Gasteiger partial charge in [0.15, 0.2) is 0 Å². The lowest BCUT2D eigenvalue weighted by Crippen LogP contribution is -2.42. The second-order valence-corrected chi connectivity index (χ2v) is 9.98. The van der Waals surface area contributed by atoms with Crippen LogP contribution in [-0.2, 0) is 9.53 Å². The van der Waals surface area contributed by atoms with Crippen LogP contribution in [0.15, 0.2) is 79.0 Å². The van der Waals surface area contributed by atoms with Gasteiger partial charge in [0.25, 0.3) is 5.91 Å². The number of aromatic nitrogens is 2. The highest BCUT2D eigenvalue weighted by Gasteiger charge is 2.26. The number of amides is 2. The first-order valence-electron chi connectivity index (χ1n) is 13.6. The van der Waals surface area contributed by atoms with Crippen LogP contribution in [0.2, 0.25) is 0 Å². The molecule has 1 fully saturated rings. The van der Waals surface area contributed by atoms with Crippen molar-refractivity contribution in [1.82, 2.24) is 14.5 Å². The minimum absolute atomic E-state index is 0.110. The average Bonchev–Trinajstić information content (AvgIpc) is 3.67. The van der Waals surface area contributed by atoms with Crippen molar-refractivity contribution in [2.24, 2.45) is 0 Å². The van der Waals surface area contributed by atoms with Crippen LogP contribution in [0.4, 0.5) is 5.95 Å². The Hall–Kier alpha value is -4.63. The maximum Gasteiger partial charge on any atom is 0.254 e. The van der Waals surface area contributed by atoms with Gasteiger partial charge in [0.2, 0.25) is 11.9 Å². The maximum absolute atomic E-state index is 13.5. The minimum Gasteiger partial charge on any atom is -0.497 e. The van der Waals surface area contributed by atoms with Gasteiger partial charge >= 0.3 is 0 Å². The molecule has 212 valence electrons. The highest BCUT2D eigenvalue weighted by Crippen LogP contribution is 2.26. The molecule has 1 unspecified atom stereocenters. The number of hydrogen-bond acceptors (Lipinski definition) is 6. The molecule has 5 rings (SSSR count). The Labute approximate surface area is 239 Å². The summed E-state index contributed by atoms with van der Waals surface area (Å²) >= 11 is 0. The van der Waals surface area contributed by atoms with Crippen LogP contribution in [0.25, 0.3) is 16.9 Å². The number of carbonyl (C=O) groups excluding carboxylic acids is 2. The third kappa shape index (κ3) is 6.75. The van der Waals surface area contributed by atoms with Crippen molar-refractivity contribution in [3.05, 3.63) is 90.1 Å². The monoisotopic (exact) mass is 554 g/mol. The molecule has 3 aromatic carbocycles. The van der Waals surface area contributed by atoms with Crippen LogP contribution in [0.5, 0.6) is 11.5 Å². The highest BCUT2D eigenvalue weighted by atomic mass is 16.5. The first-order chi connectivity index (χ1) is 19.9. The van der Waals surface area contributed by atoms with Gasteiger partial charge in [-0.2, -0.15) is 0 Å². The molecule has 0 radical (unpaired) electrons. The zero-order chi connectivity index (χ0) is 28.8. The summed E-state index contributed by atoms with van der Waals surface area (Å²) in [4.78, 5) is 33.3. The molecule has 9 nitrogen and oxygen atoms in total. The summed E-state index contributed by atoms with van der Waals surface area (Å²) in [7, 11) is 3.20. The molecule has 0 bridgehead atoms. The van der Waals surface area contributed by atoms with E-state index in [4.69, 9.17) is 19.2 Å². The number of methoxy groups -OCH3 is 2. The van der Waals surface area contributed by atoms with Gasteiger partial charge in [0.1, 0.15) is 18.0 Å². The molecule has 1 aromatic heterocycles. The average molecular weight is 555 g/mol. The molecule has 2 heterocycles. The normalized spacial score (nSPS) is 14.5. The lowest BCUT2D eigenvalue weighted by molar-refractivity contribution is -0.117. The smallest absolute Gasteiger partial charge is 0.254 e. The van der Waals surface area contributed by atoms with Crippen molar-refractivity contribution >= 4 is 17.8 Å². The Morgan fingerprint density at radius 1 is 0.976 bits per heavy atom. The second kappa shape index (κ2) is 12.7. The number of rotatable bonds is 10. The molecule has 1 aliphatic heterocycles. The van der Waals surface area contributed by atoms with Gasteiger partial charge in [-0.3, -0.25) is 19.5 Å². The number of benzene rings is 3. The van der Waals surface area contributed by atoms with Crippen LogP contribution in [-0.4, -0.2) is 66.3 Å². The van der Waals surface area contributed by atoms with Crippen molar-refractivity contribution in [1.29, 1.82) is 0 Å². The summed E-state index contributed by atoms with van der Waals surface area (Å²) in [6.45, 7) is 2.85. The number of carbonyl (C=O) groups is 2. The number of hydrogen-bond donors (Lipinski definition) is 1. The molecule has 2 amide bonds. The summed E-state index contributed by atoms with van der Waals surface area (Å²) in [5.41, 5.74) is 4.01. The predicted octanol–water partition coefficient (Wildman–Crippen LogP) is 5.12. The molecular formula is C32H34N4O5. The fraction of sp³-hybridized carbons (Fsp3) is 0.281. The van der Waals surface area contributed by atoms with Gasteiger partial charge < -0.3 is 19.1 Å². The third-order valence-electron chi connectivity index (χ3n) is 7.06. The van der Waals surface area contributed by atoms with Crippen molar-refractivity contribution in [3.8, 4) is 28.4 Å². The van der Waals surface area contributed by atoms with Gasteiger partial charge in [-0.05, 0) is 80.4 Å². The molecule has 1 atom stereocenters. The molecule has 1 N–H and O–H groups in total. The zero-order valence-electron chi connectivity index (χ0n) is 23.5. The first kappa shape index (κ1) is 27.9. The quantitative estimate of drug-likeness (QED) is 0.292. The van der Waals surface area contributed by atoms with Crippen LogP contribution in [0, 0.1) is 6.92 Å². The summed E-state index contributed by atoms with van der Waals surface area (Å²) in [6.07, 6.45) is 3.55. The van der Waals surface area contributed by atoms with Gasteiger partial charge in [-0.15, -0.1) is 0 Å². The number of nitrogens with zero attached hydrogens (tertiary/aromatic N) is 3. The van der Waals surface area contributed by atoms with Gasteiger partial charge in [0.05, 0.1) is 26.0 Å². The summed E-state index contributed by atoms with van der Waals surface area (Å²) in [5, 5.41) is 2.95. The van der Waals surface area contributed by atoms with Crippen LogP contribution >= 0.6 is 0 Å². The number of imidazole rings is 1. The third-order valence-corrected chi connectivity index (χ3v) is 7.06. The van der Waals surface area contributed by atoms with E-state index in [-0.39, 0.29) is 24.5 Å². The SMILES string of the molecule is COc1ccc(C(=O)N(CC(=O)Nc2nc(-c3ccc(OC)cc3)cn2-c2ccc(C)cc2)CC2CCCO2)cc1. The van der Waals surface area contributed by atoms with E-state index >= 15 is 0 Å². The molecule has 4 aromatic rings. The molecule has 0 spiro atoms. The number of ether oxygens (including phenoxy) is 3. The van der Waals surface area contributed by atoms with Crippen molar-refractivity contribution in [2.45, 2.75) is 25.9 Å². The van der Waals surface area contributed by atoms with E-state index < -0.39 is 0 Å². The minimum atomic E-state index is -0.356. The summed E-state index contributed by atoms with van der Waals surface area (Å²) in [6, 6.07) is 22.4. The van der Waals surface area contributed by atoms with Crippen molar-refractivity contribution in [3.63, 3.8) is 0 Å². The fourth-order valence-electron chi connectivity index (χ4n) is 4.78. The Bertz CT molecular complexity index is 1470. The van der Waals surface area contributed by atoms with Gasteiger partial charge in [0, 0.05) is 36.2 Å². The van der Waals surface area contributed by atoms with E-state index in [1.165, 1.54) is 4.90 Å². The van der Waals surface area contributed by atoms with Crippen molar-refractivity contribution in [2.75, 3.05) is 39.2 Å². The number of nitrogens with one attached hydrogen (secondary N) is 1. The largest absolute Gasteiger partial charge is 0.497 e. The van der Waals surface area contributed by atoms with E-state index in [9.17, 15) is 9.59 Å². The van der Waals surface area contributed by atoms with Crippen LogP contribution in [0.3, 0.4) is 0 Å². The van der Waals surface area contributed by atoms with Crippen molar-refractivity contribution < 1.29 is 23.8 Å². The Morgan fingerprint density at radius 3 is 2.24 bits per heavy atom. The van der Waals surface area contributed by atoms with E-state index in [0.717, 1.165) is 35.4 Å². The van der Waals surface area contributed by atoms with E-state index in [1.54, 1.807) is 38.5 Å². The molecule has 1 saturated heterocycles. The molecule has 0 saturated carbocycles. The lowest BCUT2D eigenvalue weighted by Gasteiger charge is -2.25. The van der Waals surface area contributed by atoms with E-state index in [1.807, 2.05) is 66.2 Å². The second-order valence-electron chi connectivity index (χ2n) is 9.98. The van der Waals surface area contributed by atoms with E-state index in [2.05, 4.69) is 5.32 Å². The van der Waals surface area contributed by atoms with Gasteiger partial charge in [-0.1, -0.05) is 17.7 Å². The Balaban J connectivity index is 1.40. The Morgan fingerprint density at radius 2 is 1.63 bits per heavy atom. The standard InChI is InChI=1S/C32H34N4O5/c1-22-6-12-25(13-7-22)36-20-29(23-8-14-26(39-2)15-9-23)33-32(36)34-30(37)21-35(19-28-5-4-18-41-28)31(38)24-10-16-27(40-3)17-11-24/h6-17,20,28H,4-5,18-19,21H2,1-3H3,(H,33,34,37). The number of aryl methyl sites for hydroxylation is 1. The van der Waals surface area contributed by atoms with Gasteiger partial charge in [-0.25, -0.2) is 4.98 Å². The van der Waals surface area contributed by atoms with Crippen LogP contribution < -0.4 is 14.8 Å². The molecule has 0 aliphatic carbocycles.